The van der Waals surface area contributed by atoms with Crippen LogP contribution in [-0.2, 0) is 9.59 Å². The van der Waals surface area contributed by atoms with Crippen molar-refractivity contribution in [2.75, 3.05) is 13.7 Å². The Morgan fingerprint density at radius 3 is 3.00 bits per heavy atom. The SMILES string of the molecule is COc1cccc(C2=NN(CC(=O)O)C(=O)C2)c1. The van der Waals surface area contributed by atoms with E-state index in [0.717, 1.165) is 10.6 Å². The number of methoxy groups -OCH3 is 1. The molecule has 1 amide bonds. The van der Waals surface area contributed by atoms with E-state index < -0.39 is 12.5 Å². The van der Waals surface area contributed by atoms with Crippen molar-refractivity contribution in [2.45, 2.75) is 6.42 Å². The van der Waals surface area contributed by atoms with Gasteiger partial charge in [-0.2, -0.15) is 5.10 Å². The average molecular weight is 248 g/mol. The number of hydrogen-bond acceptors (Lipinski definition) is 4. The normalized spacial score (nSPS) is 14.6. The highest BCUT2D eigenvalue weighted by Crippen LogP contribution is 2.19. The first-order valence-corrected chi connectivity index (χ1v) is 5.34. The minimum atomic E-state index is -1.08. The summed E-state index contributed by atoms with van der Waals surface area (Å²) in [6, 6.07) is 7.14. The second kappa shape index (κ2) is 4.87. The number of hydrogen-bond donors (Lipinski definition) is 1. The fourth-order valence-corrected chi connectivity index (χ4v) is 1.69. The second-order valence-electron chi connectivity index (χ2n) is 3.80. The summed E-state index contributed by atoms with van der Waals surface area (Å²) in [6.45, 7) is -0.410. The quantitative estimate of drug-likeness (QED) is 0.851. The Hall–Kier alpha value is -2.37. The maximum Gasteiger partial charge on any atom is 0.325 e. The zero-order chi connectivity index (χ0) is 13.1. The minimum absolute atomic E-state index is 0.112. The van der Waals surface area contributed by atoms with E-state index in [1.54, 1.807) is 31.4 Å². The average Bonchev–Trinajstić information content (AvgIpc) is 2.70. The number of carbonyl (C=O) groups excluding carboxylic acids is 1. The van der Waals surface area contributed by atoms with Crippen LogP contribution in [0, 0.1) is 0 Å². The number of carboxylic acid groups (broad SMARTS) is 1. The Bertz CT molecular complexity index is 525. The van der Waals surface area contributed by atoms with Crippen LogP contribution in [0.2, 0.25) is 0 Å². The molecule has 6 heteroatoms. The van der Waals surface area contributed by atoms with Crippen LogP contribution in [0.3, 0.4) is 0 Å². The minimum Gasteiger partial charge on any atom is -0.497 e. The van der Waals surface area contributed by atoms with Gasteiger partial charge in [-0.05, 0) is 12.1 Å². The van der Waals surface area contributed by atoms with Crippen LogP contribution < -0.4 is 4.74 Å². The van der Waals surface area contributed by atoms with E-state index in [0.29, 0.717) is 11.5 Å². The smallest absolute Gasteiger partial charge is 0.325 e. The van der Waals surface area contributed by atoms with Crippen molar-refractivity contribution in [3.05, 3.63) is 29.8 Å². The first-order chi connectivity index (χ1) is 8.60. The number of rotatable bonds is 4. The highest BCUT2D eigenvalue weighted by atomic mass is 16.5. The highest BCUT2D eigenvalue weighted by Gasteiger charge is 2.26. The maximum atomic E-state index is 11.6. The molecule has 1 aliphatic rings. The van der Waals surface area contributed by atoms with E-state index in [1.807, 2.05) is 0 Å². The van der Waals surface area contributed by atoms with Crippen LogP contribution in [0.25, 0.3) is 0 Å². The number of ether oxygens (including phenoxy) is 1. The molecule has 0 saturated heterocycles. The number of nitrogens with zero attached hydrogens (tertiary/aromatic N) is 2. The van der Waals surface area contributed by atoms with Crippen LogP contribution in [-0.4, -0.2) is 41.4 Å². The molecule has 6 nitrogen and oxygen atoms in total. The van der Waals surface area contributed by atoms with E-state index in [4.69, 9.17) is 9.84 Å². The van der Waals surface area contributed by atoms with Crippen LogP contribution in [0.5, 0.6) is 5.75 Å². The van der Waals surface area contributed by atoms with Gasteiger partial charge in [-0.1, -0.05) is 12.1 Å². The van der Waals surface area contributed by atoms with Gasteiger partial charge in [0.15, 0.2) is 0 Å². The first-order valence-electron chi connectivity index (χ1n) is 5.34. The van der Waals surface area contributed by atoms with Gasteiger partial charge >= 0.3 is 5.97 Å². The summed E-state index contributed by atoms with van der Waals surface area (Å²) in [7, 11) is 1.55. The standard InChI is InChI=1S/C12H12N2O4/c1-18-9-4-2-3-8(5-9)10-6-11(15)14(13-10)7-12(16)17/h2-5H,6-7H2,1H3,(H,16,17). The third-order valence-electron chi connectivity index (χ3n) is 2.54. The Labute approximate surface area is 103 Å². The molecule has 1 heterocycles. The Balaban J connectivity index is 2.23. The number of hydrazone groups is 1. The zero-order valence-electron chi connectivity index (χ0n) is 9.79. The molecule has 0 aromatic heterocycles. The van der Waals surface area contributed by atoms with Gasteiger partial charge in [0, 0.05) is 5.56 Å². The number of aliphatic carboxylic acids is 1. The van der Waals surface area contributed by atoms with Crippen molar-refractivity contribution in [3.8, 4) is 5.75 Å². The van der Waals surface area contributed by atoms with E-state index in [9.17, 15) is 9.59 Å². The largest absolute Gasteiger partial charge is 0.497 e. The molecule has 0 radical (unpaired) electrons. The van der Waals surface area contributed by atoms with Crippen molar-refractivity contribution < 1.29 is 19.4 Å². The van der Waals surface area contributed by atoms with Gasteiger partial charge in [-0.3, -0.25) is 9.59 Å². The van der Waals surface area contributed by atoms with Crippen LogP contribution >= 0.6 is 0 Å². The lowest BCUT2D eigenvalue weighted by Crippen LogP contribution is -2.27. The van der Waals surface area contributed by atoms with E-state index in [2.05, 4.69) is 5.10 Å². The Kier molecular flexibility index (Phi) is 3.27. The van der Waals surface area contributed by atoms with Crippen molar-refractivity contribution in [1.29, 1.82) is 0 Å². The van der Waals surface area contributed by atoms with Gasteiger partial charge < -0.3 is 9.84 Å². The molecular weight excluding hydrogens is 236 g/mol. The van der Waals surface area contributed by atoms with E-state index >= 15 is 0 Å². The maximum absolute atomic E-state index is 11.6. The lowest BCUT2D eigenvalue weighted by molar-refractivity contribution is -0.143. The molecule has 1 aromatic carbocycles. The summed E-state index contributed by atoms with van der Waals surface area (Å²) < 4.78 is 5.09. The molecule has 0 fully saturated rings. The third-order valence-corrected chi connectivity index (χ3v) is 2.54. The van der Waals surface area contributed by atoms with Gasteiger partial charge in [0.1, 0.15) is 12.3 Å². The molecule has 0 unspecified atom stereocenters. The fraction of sp³-hybridized carbons (Fsp3) is 0.250. The molecule has 94 valence electrons. The number of amides is 1. The van der Waals surface area contributed by atoms with Crippen LogP contribution in [0.1, 0.15) is 12.0 Å². The molecule has 1 aromatic rings. The number of carbonyl (C=O) groups is 2. The first kappa shape index (κ1) is 12.1. The Morgan fingerprint density at radius 2 is 2.33 bits per heavy atom. The number of benzene rings is 1. The molecule has 0 bridgehead atoms. The molecule has 1 N–H and O–H groups in total. The van der Waals surface area contributed by atoms with Crippen molar-refractivity contribution >= 4 is 17.6 Å². The zero-order valence-corrected chi connectivity index (χ0v) is 9.79. The summed E-state index contributed by atoms with van der Waals surface area (Å²) >= 11 is 0. The summed E-state index contributed by atoms with van der Waals surface area (Å²) in [5, 5.41) is 13.6. The van der Waals surface area contributed by atoms with Gasteiger partial charge in [0.2, 0.25) is 5.91 Å². The fourth-order valence-electron chi connectivity index (χ4n) is 1.69. The highest BCUT2D eigenvalue weighted by molar-refractivity contribution is 6.14. The molecule has 0 spiro atoms. The topological polar surface area (TPSA) is 79.2 Å². The molecule has 0 saturated carbocycles. The molecule has 0 aliphatic carbocycles. The predicted molar refractivity (Wildman–Crippen MR) is 63.5 cm³/mol. The molecule has 1 aliphatic heterocycles. The molecule has 18 heavy (non-hydrogen) atoms. The van der Waals surface area contributed by atoms with E-state index in [-0.39, 0.29) is 12.3 Å². The summed E-state index contributed by atoms with van der Waals surface area (Å²) in [4.78, 5) is 22.1. The number of carboxylic acids is 1. The van der Waals surface area contributed by atoms with Gasteiger partial charge in [-0.15, -0.1) is 0 Å². The molecule has 2 rings (SSSR count). The Morgan fingerprint density at radius 1 is 1.56 bits per heavy atom. The molecule has 0 atom stereocenters. The summed E-state index contributed by atoms with van der Waals surface area (Å²) in [5.41, 5.74) is 1.32. The second-order valence-corrected chi connectivity index (χ2v) is 3.80. The lowest BCUT2D eigenvalue weighted by atomic mass is 10.1. The van der Waals surface area contributed by atoms with Gasteiger partial charge in [0.25, 0.3) is 0 Å². The predicted octanol–water partition coefficient (Wildman–Crippen LogP) is 0.716. The summed E-state index contributed by atoms with van der Waals surface area (Å²) in [5.74, 6) is -0.728. The molecular formula is C12H12N2O4. The van der Waals surface area contributed by atoms with Crippen molar-refractivity contribution in [2.24, 2.45) is 5.10 Å². The van der Waals surface area contributed by atoms with Crippen LogP contribution in [0.15, 0.2) is 29.4 Å². The van der Waals surface area contributed by atoms with Gasteiger partial charge in [0.05, 0.1) is 19.2 Å². The van der Waals surface area contributed by atoms with Crippen LogP contribution in [0.4, 0.5) is 0 Å². The third kappa shape index (κ3) is 2.48. The monoisotopic (exact) mass is 248 g/mol. The lowest BCUT2D eigenvalue weighted by Gasteiger charge is -2.06. The van der Waals surface area contributed by atoms with Gasteiger partial charge in [-0.25, -0.2) is 5.01 Å². The summed E-state index contributed by atoms with van der Waals surface area (Å²) in [6.07, 6.45) is 0.112. The van der Waals surface area contributed by atoms with E-state index in [1.165, 1.54) is 0 Å². The van der Waals surface area contributed by atoms with Crippen molar-refractivity contribution in [1.82, 2.24) is 5.01 Å². The van der Waals surface area contributed by atoms with Crippen molar-refractivity contribution in [3.63, 3.8) is 0 Å².